The van der Waals surface area contributed by atoms with Gasteiger partial charge in [0.05, 0.1) is 12.8 Å². The third-order valence-corrected chi connectivity index (χ3v) is 3.93. The number of alkyl halides is 2. The molecule has 0 bridgehead atoms. The van der Waals surface area contributed by atoms with Crippen LogP contribution in [0.3, 0.4) is 0 Å². The average Bonchev–Trinajstić information content (AvgIpc) is 3.34. The molecule has 0 unspecified atom stereocenters. The summed E-state index contributed by atoms with van der Waals surface area (Å²) in [6.07, 6.45) is 3.84. The van der Waals surface area contributed by atoms with Crippen LogP contribution in [0.25, 0.3) is 11.4 Å². The second kappa shape index (κ2) is 5.76. The number of furan rings is 1. The van der Waals surface area contributed by atoms with E-state index >= 15 is 0 Å². The lowest BCUT2D eigenvalue weighted by Crippen LogP contribution is -2.32. The fourth-order valence-electron chi connectivity index (χ4n) is 2.78. The van der Waals surface area contributed by atoms with E-state index in [1.807, 2.05) is 0 Å². The van der Waals surface area contributed by atoms with Crippen LogP contribution >= 0.6 is 0 Å². The summed E-state index contributed by atoms with van der Waals surface area (Å²) in [7, 11) is 0. The molecule has 9 heteroatoms. The maximum Gasteiger partial charge on any atom is 0.290 e. The number of pyridine rings is 1. The molecule has 0 aliphatic carbocycles. The molecular weight excluding hydrogens is 334 g/mol. The second-order valence-electron chi connectivity index (χ2n) is 5.68. The van der Waals surface area contributed by atoms with Crippen LogP contribution in [-0.4, -0.2) is 38.4 Å². The van der Waals surface area contributed by atoms with Gasteiger partial charge in [-0.3, -0.25) is 9.78 Å². The molecule has 3 aromatic rings. The average molecular weight is 346 g/mol. The van der Waals surface area contributed by atoms with Gasteiger partial charge in [0, 0.05) is 24.4 Å². The number of aromatic nitrogens is 3. The fraction of sp³-hybridized carbons (Fsp3) is 0.250. The summed E-state index contributed by atoms with van der Waals surface area (Å²) < 4.78 is 38.1. The van der Waals surface area contributed by atoms with Crippen molar-refractivity contribution < 1.29 is 22.5 Å². The van der Waals surface area contributed by atoms with Gasteiger partial charge in [0.25, 0.3) is 11.8 Å². The number of hydrogen-bond acceptors (Lipinski definition) is 6. The van der Waals surface area contributed by atoms with Crippen molar-refractivity contribution in [2.45, 2.75) is 18.4 Å². The van der Waals surface area contributed by atoms with Gasteiger partial charge in [-0.25, -0.2) is 8.78 Å². The van der Waals surface area contributed by atoms with E-state index in [9.17, 15) is 13.6 Å². The van der Waals surface area contributed by atoms with Gasteiger partial charge in [-0.1, -0.05) is 5.16 Å². The maximum atomic E-state index is 13.9. The van der Waals surface area contributed by atoms with E-state index in [2.05, 4.69) is 15.1 Å². The highest BCUT2D eigenvalue weighted by Gasteiger charge is 2.50. The van der Waals surface area contributed by atoms with Crippen LogP contribution in [0.4, 0.5) is 8.78 Å². The SMILES string of the molecule is O=C(c1ccco1)N1CC(F)(F)C[C@H]1c1nc(-c2ccncc2)no1. The molecule has 0 aromatic carbocycles. The molecule has 1 amide bonds. The molecule has 1 atom stereocenters. The topological polar surface area (TPSA) is 85.3 Å². The van der Waals surface area contributed by atoms with Crippen molar-refractivity contribution in [3.63, 3.8) is 0 Å². The highest BCUT2D eigenvalue weighted by atomic mass is 19.3. The highest BCUT2D eigenvalue weighted by molar-refractivity contribution is 5.92. The van der Waals surface area contributed by atoms with Crippen molar-refractivity contribution in [3.05, 3.63) is 54.6 Å². The summed E-state index contributed by atoms with van der Waals surface area (Å²) in [5.74, 6) is -3.49. The van der Waals surface area contributed by atoms with Crippen LogP contribution in [0.5, 0.6) is 0 Å². The van der Waals surface area contributed by atoms with Crippen molar-refractivity contribution >= 4 is 5.91 Å². The van der Waals surface area contributed by atoms with E-state index < -0.39 is 30.8 Å². The highest BCUT2D eigenvalue weighted by Crippen LogP contribution is 2.41. The summed E-state index contributed by atoms with van der Waals surface area (Å²) in [5.41, 5.74) is 0.638. The van der Waals surface area contributed by atoms with E-state index in [0.717, 1.165) is 4.90 Å². The third kappa shape index (κ3) is 2.88. The molecule has 0 N–H and O–H groups in total. The van der Waals surface area contributed by atoms with Crippen molar-refractivity contribution in [3.8, 4) is 11.4 Å². The summed E-state index contributed by atoms with van der Waals surface area (Å²) in [6.45, 7) is -0.732. The monoisotopic (exact) mass is 346 g/mol. The van der Waals surface area contributed by atoms with E-state index in [0.29, 0.717) is 5.56 Å². The van der Waals surface area contributed by atoms with Gasteiger partial charge < -0.3 is 13.8 Å². The Morgan fingerprint density at radius 1 is 1.28 bits per heavy atom. The first-order valence-corrected chi connectivity index (χ1v) is 7.50. The van der Waals surface area contributed by atoms with Crippen molar-refractivity contribution in [1.82, 2.24) is 20.0 Å². The lowest BCUT2D eigenvalue weighted by atomic mass is 10.2. The summed E-state index contributed by atoms with van der Waals surface area (Å²) in [4.78, 5) is 21.5. The molecule has 0 saturated carbocycles. The van der Waals surface area contributed by atoms with Crippen molar-refractivity contribution in [1.29, 1.82) is 0 Å². The first-order valence-electron chi connectivity index (χ1n) is 7.50. The fourth-order valence-corrected chi connectivity index (χ4v) is 2.78. The van der Waals surface area contributed by atoms with Gasteiger partial charge in [0.2, 0.25) is 11.7 Å². The normalized spacial score (nSPS) is 19.3. The molecular formula is C16H12F2N4O3. The predicted octanol–water partition coefficient (Wildman–Crippen LogP) is 2.95. The number of carbonyl (C=O) groups excluding carboxylic acids is 1. The minimum atomic E-state index is -3.04. The smallest absolute Gasteiger partial charge is 0.290 e. The van der Waals surface area contributed by atoms with E-state index in [1.54, 1.807) is 24.5 Å². The van der Waals surface area contributed by atoms with E-state index in [4.69, 9.17) is 8.94 Å². The lowest BCUT2D eigenvalue weighted by Gasteiger charge is -2.19. The Balaban J connectivity index is 1.65. The van der Waals surface area contributed by atoms with Gasteiger partial charge in [-0.15, -0.1) is 0 Å². The lowest BCUT2D eigenvalue weighted by molar-refractivity contribution is 0.0113. The zero-order valence-corrected chi connectivity index (χ0v) is 12.8. The van der Waals surface area contributed by atoms with Crippen molar-refractivity contribution in [2.75, 3.05) is 6.54 Å². The zero-order valence-electron chi connectivity index (χ0n) is 12.8. The number of amides is 1. The maximum absolute atomic E-state index is 13.9. The minimum Gasteiger partial charge on any atom is -0.459 e. The zero-order chi connectivity index (χ0) is 17.4. The van der Waals surface area contributed by atoms with Crippen LogP contribution in [0, 0.1) is 0 Å². The molecule has 4 heterocycles. The Hall–Kier alpha value is -3.10. The van der Waals surface area contributed by atoms with E-state index in [1.165, 1.54) is 18.4 Å². The quantitative estimate of drug-likeness (QED) is 0.725. The Morgan fingerprint density at radius 2 is 2.08 bits per heavy atom. The summed E-state index contributed by atoms with van der Waals surface area (Å²) in [6, 6.07) is 5.26. The van der Waals surface area contributed by atoms with Gasteiger partial charge in [0.1, 0.15) is 6.04 Å². The molecule has 0 spiro atoms. The van der Waals surface area contributed by atoms with Crippen LogP contribution in [0.15, 0.2) is 51.9 Å². The number of halogens is 2. The third-order valence-electron chi connectivity index (χ3n) is 3.93. The summed E-state index contributed by atoms with van der Waals surface area (Å²) >= 11 is 0. The first-order chi connectivity index (χ1) is 12.0. The Morgan fingerprint density at radius 3 is 2.80 bits per heavy atom. The van der Waals surface area contributed by atoms with Crippen LogP contribution in [0.2, 0.25) is 0 Å². The molecule has 3 aromatic heterocycles. The molecule has 25 heavy (non-hydrogen) atoms. The van der Waals surface area contributed by atoms with Gasteiger partial charge in [-0.05, 0) is 24.3 Å². The van der Waals surface area contributed by atoms with Crippen LogP contribution in [-0.2, 0) is 0 Å². The van der Waals surface area contributed by atoms with Gasteiger partial charge >= 0.3 is 0 Å². The number of likely N-dealkylation sites (tertiary alicyclic amines) is 1. The Kier molecular flexibility index (Phi) is 3.56. The van der Waals surface area contributed by atoms with Crippen LogP contribution in [0.1, 0.15) is 28.9 Å². The number of hydrogen-bond donors (Lipinski definition) is 0. The minimum absolute atomic E-state index is 0.0171. The predicted molar refractivity (Wildman–Crippen MR) is 79.6 cm³/mol. The van der Waals surface area contributed by atoms with Crippen LogP contribution < -0.4 is 0 Å². The largest absolute Gasteiger partial charge is 0.459 e. The molecule has 4 rings (SSSR count). The molecule has 1 aliphatic heterocycles. The molecule has 1 aliphatic rings. The standard InChI is InChI=1S/C16H12F2N4O3/c17-16(18)8-11(22(9-16)15(23)12-2-1-7-24-12)14-20-13(21-25-14)10-3-5-19-6-4-10/h1-7,11H,8-9H2/t11-/m0/s1. The van der Waals surface area contributed by atoms with Gasteiger partial charge in [-0.2, -0.15) is 4.98 Å². The molecule has 1 fully saturated rings. The Labute approximate surface area is 140 Å². The molecule has 7 nitrogen and oxygen atoms in total. The molecule has 128 valence electrons. The molecule has 1 saturated heterocycles. The van der Waals surface area contributed by atoms with Crippen molar-refractivity contribution in [2.24, 2.45) is 0 Å². The number of carbonyl (C=O) groups is 1. The van der Waals surface area contributed by atoms with E-state index in [-0.39, 0.29) is 17.5 Å². The first kappa shape index (κ1) is 15.4. The number of rotatable bonds is 3. The molecule has 0 radical (unpaired) electrons. The second-order valence-corrected chi connectivity index (χ2v) is 5.68. The summed E-state index contributed by atoms with van der Waals surface area (Å²) in [5, 5.41) is 3.82. The Bertz CT molecular complexity index is 880. The van der Waals surface area contributed by atoms with Gasteiger partial charge in [0.15, 0.2) is 5.76 Å². The number of nitrogens with zero attached hydrogens (tertiary/aromatic N) is 4.